The lowest BCUT2D eigenvalue weighted by molar-refractivity contribution is -0.122. The standard InChI is InChI=1S/C16H26N2O/c1-4-13(5-2)15(17)11-18-16(19)12(3)14-9-7-6-8-10-14/h6-10,12-13,15H,4-5,11,17H2,1-3H3,(H,18,19). The molecular formula is C16H26N2O. The summed E-state index contributed by atoms with van der Waals surface area (Å²) >= 11 is 0. The van der Waals surface area contributed by atoms with Gasteiger partial charge in [0.05, 0.1) is 5.92 Å². The maximum Gasteiger partial charge on any atom is 0.227 e. The van der Waals surface area contributed by atoms with Crippen LogP contribution in [0.1, 0.15) is 45.1 Å². The zero-order valence-corrected chi connectivity index (χ0v) is 12.2. The number of carbonyl (C=O) groups excluding carboxylic acids is 1. The van der Waals surface area contributed by atoms with E-state index in [-0.39, 0.29) is 17.9 Å². The number of carbonyl (C=O) groups is 1. The van der Waals surface area contributed by atoms with Gasteiger partial charge in [-0.3, -0.25) is 4.79 Å². The van der Waals surface area contributed by atoms with Crippen molar-refractivity contribution in [3.8, 4) is 0 Å². The lowest BCUT2D eigenvalue weighted by Gasteiger charge is -2.22. The van der Waals surface area contributed by atoms with Gasteiger partial charge in [0.1, 0.15) is 0 Å². The van der Waals surface area contributed by atoms with Crippen molar-refractivity contribution in [3.63, 3.8) is 0 Å². The van der Waals surface area contributed by atoms with Crippen LogP contribution in [0.25, 0.3) is 0 Å². The number of amides is 1. The van der Waals surface area contributed by atoms with Gasteiger partial charge in [0.15, 0.2) is 0 Å². The highest BCUT2D eigenvalue weighted by Crippen LogP contribution is 2.15. The Morgan fingerprint density at radius 2 is 1.79 bits per heavy atom. The molecule has 1 aromatic carbocycles. The molecule has 0 saturated carbocycles. The maximum absolute atomic E-state index is 12.1. The van der Waals surface area contributed by atoms with Crippen LogP contribution in [0.5, 0.6) is 0 Å². The Kier molecular flexibility index (Phi) is 6.57. The highest BCUT2D eigenvalue weighted by atomic mass is 16.1. The van der Waals surface area contributed by atoms with Crippen LogP contribution in [-0.2, 0) is 4.79 Å². The quantitative estimate of drug-likeness (QED) is 0.793. The number of benzene rings is 1. The van der Waals surface area contributed by atoms with E-state index < -0.39 is 0 Å². The van der Waals surface area contributed by atoms with Gasteiger partial charge in [0.25, 0.3) is 0 Å². The molecular weight excluding hydrogens is 236 g/mol. The Morgan fingerprint density at radius 3 is 2.32 bits per heavy atom. The summed E-state index contributed by atoms with van der Waals surface area (Å²) in [6.45, 7) is 6.76. The Bertz CT molecular complexity index is 374. The molecule has 1 amide bonds. The van der Waals surface area contributed by atoms with Gasteiger partial charge >= 0.3 is 0 Å². The predicted molar refractivity (Wildman–Crippen MR) is 79.9 cm³/mol. The lowest BCUT2D eigenvalue weighted by Crippen LogP contribution is -2.42. The van der Waals surface area contributed by atoms with E-state index in [1.54, 1.807) is 0 Å². The van der Waals surface area contributed by atoms with Crippen molar-refractivity contribution in [2.75, 3.05) is 6.54 Å². The van der Waals surface area contributed by atoms with Crippen LogP contribution in [0, 0.1) is 5.92 Å². The van der Waals surface area contributed by atoms with E-state index in [0.717, 1.165) is 18.4 Å². The van der Waals surface area contributed by atoms with Crippen molar-refractivity contribution in [1.29, 1.82) is 0 Å². The third-order valence-corrected chi connectivity index (χ3v) is 3.86. The highest BCUT2D eigenvalue weighted by Gasteiger charge is 2.18. The smallest absolute Gasteiger partial charge is 0.227 e. The van der Waals surface area contributed by atoms with E-state index in [4.69, 9.17) is 5.73 Å². The van der Waals surface area contributed by atoms with Gasteiger partial charge in [-0.25, -0.2) is 0 Å². The van der Waals surface area contributed by atoms with Crippen molar-refractivity contribution >= 4 is 5.91 Å². The number of hydrogen-bond donors (Lipinski definition) is 2. The summed E-state index contributed by atoms with van der Waals surface area (Å²) < 4.78 is 0. The first-order valence-electron chi connectivity index (χ1n) is 7.18. The molecule has 0 aliphatic heterocycles. The molecule has 0 aliphatic carbocycles. The molecule has 0 aromatic heterocycles. The summed E-state index contributed by atoms with van der Waals surface area (Å²) in [6, 6.07) is 9.86. The molecule has 3 nitrogen and oxygen atoms in total. The minimum Gasteiger partial charge on any atom is -0.354 e. The number of rotatable bonds is 7. The Morgan fingerprint density at radius 1 is 1.21 bits per heavy atom. The second-order valence-corrected chi connectivity index (χ2v) is 5.12. The van der Waals surface area contributed by atoms with E-state index in [1.807, 2.05) is 37.3 Å². The molecule has 0 heterocycles. The summed E-state index contributed by atoms with van der Waals surface area (Å²) in [4.78, 5) is 12.1. The van der Waals surface area contributed by atoms with Gasteiger partial charge in [-0.05, 0) is 18.4 Å². The van der Waals surface area contributed by atoms with Crippen molar-refractivity contribution < 1.29 is 4.79 Å². The topological polar surface area (TPSA) is 55.1 Å². The maximum atomic E-state index is 12.1. The minimum atomic E-state index is -0.130. The summed E-state index contributed by atoms with van der Waals surface area (Å²) in [5.41, 5.74) is 7.15. The number of nitrogens with one attached hydrogen (secondary N) is 1. The second-order valence-electron chi connectivity index (χ2n) is 5.12. The summed E-state index contributed by atoms with van der Waals surface area (Å²) in [5, 5.41) is 2.97. The van der Waals surface area contributed by atoms with Gasteiger partial charge in [0, 0.05) is 12.6 Å². The largest absolute Gasteiger partial charge is 0.354 e. The molecule has 3 heteroatoms. The third-order valence-electron chi connectivity index (χ3n) is 3.86. The monoisotopic (exact) mass is 262 g/mol. The fourth-order valence-electron chi connectivity index (χ4n) is 2.33. The average Bonchev–Trinajstić information content (AvgIpc) is 2.46. The number of nitrogens with two attached hydrogens (primary N) is 1. The molecule has 0 fully saturated rings. The van der Waals surface area contributed by atoms with Crippen LogP contribution in [0.4, 0.5) is 0 Å². The Labute approximate surface area is 116 Å². The molecule has 1 rings (SSSR count). The first-order valence-corrected chi connectivity index (χ1v) is 7.18. The van der Waals surface area contributed by atoms with Crippen molar-refractivity contribution in [1.82, 2.24) is 5.32 Å². The molecule has 1 aromatic rings. The number of hydrogen-bond acceptors (Lipinski definition) is 2. The molecule has 2 atom stereocenters. The van der Waals surface area contributed by atoms with E-state index in [9.17, 15) is 4.79 Å². The van der Waals surface area contributed by atoms with Crippen LogP contribution in [0.15, 0.2) is 30.3 Å². The molecule has 2 unspecified atom stereocenters. The molecule has 0 saturated heterocycles. The van der Waals surface area contributed by atoms with Gasteiger partial charge in [-0.2, -0.15) is 0 Å². The Hall–Kier alpha value is -1.35. The molecule has 0 aliphatic rings. The molecule has 0 spiro atoms. The van der Waals surface area contributed by atoms with Gasteiger partial charge in [-0.15, -0.1) is 0 Å². The molecule has 0 bridgehead atoms. The molecule has 0 radical (unpaired) electrons. The van der Waals surface area contributed by atoms with Crippen LogP contribution in [0.3, 0.4) is 0 Å². The molecule has 3 N–H and O–H groups in total. The summed E-state index contributed by atoms with van der Waals surface area (Å²) in [6.07, 6.45) is 2.11. The van der Waals surface area contributed by atoms with Crippen molar-refractivity contribution in [2.24, 2.45) is 11.7 Å². The fourth-order valence-corrected chi connectivity index (χ4v) is 2.33. The average molecular weight is 262 g/mol. The predicted octanol–water partition coefficient (Wildman–Crippen LogP) is 2.67. The van der Waals surface area contributed by atoms with Crippen molar-refractivity contribution in [3.05, 3.63) is 35.9 Å². The SMILES string of the molecule is CCC(CC)C(N)CNC(=O)C(C)c1ccccc1. The van der Waals surface area contributed by atoms with Gasteiger partial charge < -0.3 is 11.1 Å². The van der Waals surface area contributed by atoms with E-state index in [0.29, 0.717) is 12.5 Å². The van der Waals surface area contributed by atoms with E-state index in [1.165, 1.54) is 0 Å². The first-order chi connectivity index (χ1) is 9.10. The summed E-state index contributed by atoms with van der Waals surface area (Å²) in [7, 11) is 0. The zero-order valence-electron chi connectivity index (χ0n) is 12.2. The van der Waals surface area contributed by atoms with E-state index >= 15 is 0 Å². The minimum absolute atomic E-state index is 0.0434. The van der Waals surface area contributed by atoms with Crippen LogP contribution in [-0.4, -0.2) is 18.5 Å². The highest BCUT2D eigenvalue weighted by molar-refractivity contribution is 5.83. The lowest BCUT2D eigenvalue weighted by atomic mass is 9.94. The second kappa shape index (κ2) is 7.95. The Balaban J connectivity index is 2.47. The first kappa shape index (κ1) is 15.7. The summed E-state index contributed by atoms with van der Waals surface area (Å²) in [5.74, 6) is 0.398. The van der Waals surface area contributed by atoms with Crippen LogP contribution < -0.4 is 11.1 Å². The van der Waals surface area contributed by atoms with E-state index in [2.05, 4.69) is 19.2 Å². The van der Waals surface area contributed by atoms with Gasteiger partial charge in [0.2, 0.25) is 5.91 Å². The van der Waals surface area contributed by atoms with Crippen molar-refractivity contribution in [2.45, 2.75) is 45.6 Å². The normalized spacial score (nSPS) is 14.2. The fraction of sp³-hybridized carbons (Fsp3) is 0.562. The van der Waals surface area contributed by atoms with Crippen LogP contribution in [0.2, 0.25) is 0 Å². The molecule has 19 heavy (non-hydrogen) atoms. The third kappa shape index (κ3) is 4.67. The van der Waals surface area contributed by atoms with Crippen LogP contribution >= 0.6 is 0 Å². The molecule has 106 valence electrons. The van der Waals surface area contributed by atoms with Gasteiger partial charge in [-0.1, -0.05) is 57.0 Å². The zero-order chi connectivity index (χ0) is 14.3.